The van der Waals surface area contributed by atoms with Gasteiger partial charge in [-0.2, -0.15) is 5.10 Å². The van der Waals surface area contributed by atoms with E-state index >= 15 is 0 Å². The predicted molar refractivity (Wildman–Crippen MR) is 50.6 cm³/mol. The van der Waals surface area contributed by atoms with Gasteiger partial charge in [-0.05, 0) is 12.8 Å². The number of ether oxygens (including phenoxy) is 1. The molecule has 4 nitrogen and oxygen atoms in total. The summed E-state index contributed by atoms with van der Waals surface area (Å²) in [5, 5.41) is 4.57. The van der Waals surface area contributed by atoms with Crippen LogP contribution < -0.4 is 5.73 Å². The third-order valence-corrected chi connectivity index (χ3v) is 2.45. The molecule has 0 bridgehead atoms. The molecule has 1 saturated heterocycles. The lowest BCUT2D eigenvalue weighted by Gasteiger charge is -2.08. The first-order valence-electron chi connectivity index (χ1n) is 4.36. The molecule has 1 aromatic rings. The first-order chi connectivity index (χ1) is 6.25. The zero-order valence-corrected chi connectivity index (χ0v) is 8.00. The summed E-state index contributed by atoms with van der Waals surface area (Å²) in [5.74, 6) is 0.389. The largest absolute Gasteiger partial charge is 0.381 e. The van der Waals surface area contributed by atoms with Crippen molar-refractivity contribution in [2.24, 2.45) is 0 Å². The van der Waals surface area contributed by atoms with Crippen LogP contribution in [0.1, 0.15) is 12.8 Å². The molecule has 1 aliphatic rings. The van der Waals surface area contributed by atoms with Gasteiger partial charge in [0, 0.05) is 12.8 Å². The van der Waals surface area contributed by atoms with E-state index in [0.717, 1.165) is 26.0 Å². The summed E-state index contributed by atoms with van der Waals surface area (Å²) in [4.78, 5) is 0. The summed E-state index contributed by atoms with van der Waals surface area (Å²) in [6.07, 6.45) is 4.24. The average molecular weight is 202 g/mol. The van der Waals surface area contributed by atoms with Crippen LogP contribution in [0.25, 0.3) is 0 Å². The van der Waals surface area contributed by atoms with Gasteiger partial charge in [-0.3, -0.25) is 4.68 Å². The number of halogens is 1. The van der Waals surface area contributed by atoms with Crippen molar-refractivity contribution in [3.8, 4) is 0 Å². The van der Waals surface area contributed by atoms with Crippen molar-refractivity contribution in [2.75, 3.05) is 12.3 Å². The van der Waals surface area contributed by atoms with Crippen molar-refractivity contribution in [1.82, 2.24) is 9.78 Å². The summed E-state index contributed by atoms with van der Waals surface area (Å²) in [5.41, 5.74) is 5.51. The number of anilines is 1. The van der Waals surface area contributed by atoms with Gasteiger partial charge in [-0.15, -0.1) is 0 Å². The minimum atomic E-state index is 0.273. The van der Waals surface area contributed by atoms with Gasteiger partial charge in [0.25, 0.3) is 0 Å². The maximum atomic E-state index is 5.77. The van der Waals surface area contributed by atoms with Crippen molar-refractivity contribution in [3.05, 3.63) is 11.2 Å². The lowest BCUT2D eigenvalue weighted by molar-refractivity contribution is 0.0941. The standard InChI is InChI=1S/C8H12ClN3O/c9-7-5-12(11-8(7)10)4-6-2-1-3-13-6/h5-6H,1-4H2,(H2,10,11). The monoisotopic (exact) mass is 201 g/mol. The summed E-state index contributed by atoms with van der Waals surface area (Å²) >= 11 is 5.77. The fourth-order valence-corrected chi connectivity index (χ4v) is 1.65. The fraction of sp³-hybridized carbons (Fsp3) is 0.625. The van der Waals surface area contributed by atoms with Crippen molar-refractivity contribution < 1.29 is 4.74 Å². The molecular weight excluding hydrogens is 190 g/mol. The molecule has 0 radical (unpaired) electrons. The second-order valence-electron chi connectivity index (χ2n) is 3.22. The van der Waals surface area contributed by atoms with Crippen molar-refractivity contribution in [2.45, 2.75) is 25.5 Å². The molecule has 2 heterocycles. The first kappa shape index (κ1) is 8.84. The quantitative estimate of drug-likeness (QED) is 0.785. The number of nitrogens with zero attached hydrogens (tertiary/aromatic N) is 2. The molecule has 5 heteroatoms. The molecule has 1 aliphatic heterocycles. The second kappa shape index (κ2) is 3.55. The van der Waals surface area contributed by atoms with E-state index in [1.54, 1.807) is 10.9 Å². The Morgan fingerprint density at radius 3 is 3.15 bits per heavy atom. The SMILES string of the molecule is Nc1nn(CC2CCCO2)cc1Cl. The third kappa shape index (κ3) is 1.95. The van der Waals surface area contributed by atoms with Gasteiger partial charge in [0.15, 0.2) is 5.82 Å². The first-order valence-corrected chi connectivity index (χ1v) is 4.73. The summed E-state index contributed by atoms with van der Waals surface area (Å²) in [6, 6.07) is 0. The van der Waals surface area contributed by atoms with Crippen LogP contribution in [0.4, 0.5) is 5.82 Å². The van der Waals surface area contributed by atoms with Gasteiger partial charge in [0.05, 0.1) is 12.6 Å². The van der Waals surface area contributed by atoms with E-state index in [1.807, 2.05) is 0 Å². The molecule has 0 saturated carbocycles. The Kier molecular flexibility index (Phi) is 2.42. The number of nitrogen functional groups attached to an aromatic ring is 1. The van der Waals surface area contributed by atoms with Gasteiger partial charge in [-0.1, -0.05) is 11.6 Å². The van der Waals surface area contributed by atoms with E-state index in [-0.39, 0.29) is 6.10 Å². The van der Waals surface area contributed by atoms with Crippen LogP contribution in [0.3, 0.4) is 0 Å². The van der Waals surface area contributed by atoms with E-state index in [2.05, 4.69) is 5.10 Å². The molecule has 2 rings (SSSR count). The van der Waals surface area contributed by atoms with Crippen molar-refractivity contribution >= 4 is 17.4 Å². The molecule has 1 atom stereocenters. The molecule has 0 spiro atoms. The minimum absolute atomic E-state index is 0.273. The van der Waals surface area contributed by atoms with Gasteiger partial charge in [0.1, 0.15) is 5.02 Å². The number of aromatic nitrogens is 2. The van der Waals surface area contributed by atoms with Gasteiger partial charge >= 0.3 is 0 Å². The molecule has 1 aromatic heterocycles. The van der Waals surface area contributed by atoms with Crippen LogP contribution in [-0.4, -0.2) is 22.5 Å². The normalized spacial score (nSPS) is 22.4. The van der Waals surface area contributed by atoms with E-state index < -0.39 is 0 Å². The summed E-state index contributed by atoms with van der Waals surface area (Å²) < 4.78 is 7.20. The van der Waals surface area contributed by atoms with Crippen LogP contribution >= 0.6 is 11.6 Å². The molecule has 1 unspecified atom stereocenters. The predicted octanol–water partition coefficient (Wildman–Crippen LogP) is 1.30. The number of nitrogens with two attached hydrogens (primary N) is 1. The zero-order valence-electron chi connectivity index (χ0n) is 7.24. The highest BCUT2D eigenvalue weighted by molar-refractivity contribution is 6.32. The van der Waals surface area contributed by atoms with Gasteiger partial charge in [-0.25, -0.2) is 0 Å². The molecule has 2 N–H and O–H groups in total. The maximum absolute atomic E-state index is 5.77. The number of hydrogen-bond donors (Lipinski definition) is 1. The highest BCUT2D eigenvalue weighted by Gasteiger charge is 2.16. The topological polar surface area (TPSA) is 53.1 Å². The molecule has 72 valence electrons. The average Bonchev–Trinajstić information content (AvgIpc) is 2.64. The lowest BCUT2D eigenvalue weighted by atomic mass is 10.2. The Balaban J connectivity index is 2.00. The van der Waals surface area contributed by atoms with Crippen LogP contribution in [0.15, 0.2) is 6.20 Å². The fourth-order valence-electron chi connectivity index (χ4n) is 1.50. The van der Waals surface area contributed by atoms with Crippen LogP contribution in [0.5, 0.6) is 0 Å². The Morgan fingerprint density at radius 1 is 1.77 bits per heavy atom. The molecular formula is C8H12ClN3O. The zero-order chi connectivity index (χ0) is 9.26. The Hall–Kier alpha value is -0.740. The Morgan fingerprint density at radius 2 is 2.62 bits per heavy atom. The summed E-state index contributed by atoms with van der Waals surface area (Å²) in [7, 11) is 0. The van der Waals surface area contributed by atoms with E-state index in [0.29, 0.717) is 10.8 Å². The van der Waals surface area contributed by atoms with Gasteiger partial charge in [0.2, 0.25) is 0 Å². The highest BCUT2D eigenvalue weighted by Crippen LogP contribution is 2.18. The molecule has 0 aliphatic carbocycles. The Bertz CT molecular complexity index is 274. The van der Waals surface area contributed by atoms with E-state index in [1.165, 1.54) is 0 Å². The van der Waals surface area contributed by atoms with Crippen molar-refractivity contribution in [3.63, 3.8) is 0 Å². The van der Waals surface area contributed by atoms with E-state index in [4.69, 9.17) is 22.1 Å². The second-order valence-corrected chi connectivity index (χ2v) is 3.63. The maximum Gasteiger partial charge on any atom is 0.164 e. The van der Waals surface area contributed by atoms with Crippen molar-refractivity contribution in [1.29, 1.82) is 0 Å². The third-order valence-electron chi connectivity index (χ3n) is 2.16. The molecule has 1 fully saturated rings. The Labute approximate surface area is 81.6 Å². The van der Waals surface area contributed by atoms with E-state index in [9.17, 15) is 0 Å². The molecule has 0 aromatic carbocycles. The highest BCUT2D eigenvalue weighted by atomic mass is 35.5. The lowest BCUT2D eigenvalue weighted by Crippen LogP contribution is -2.15. The smallest absolute Gasteiger partial charge is 0.164 e. The molecule has 13 heavy (non-hydrogen) atoms. The number of rotatable bonds is 2. The number of hydrogen-bond acceptors (Lipinski definition) is 3. The van der Waals surface area contributed by atoms with Crippen LogP contribution in [0.2, 0.25) is 5.02 Å². The molecule has 0 amide bonds. The summed E-state index contributed by atoms with van der Waals surface area (Å²) in [6.45, 7) is 1.60. The van der Waals surface area contributed by atoms with Gasteiger partial charge < -0.3 is 10.5 Å². The van der Waals surface area contributed by atoms with Crippen LogP contribution in [0, 0.1) is 0 Å². The minimum Gasteiger partial charge on any atom is -0.381 e. The van der Waals surface area contributed by atoms with Crippen LogP contribution in [-0.2, 0) is 11.3 Å².